The van der Waals surface area contributed by atoms with Crippen molar-refractivity contribution in [2.45, 2.75) is 70.4 Å². The summed E-state index contributed by atoms with van der Waals surface area (Å²) in [6.45, 7) is 2.65. The molecule has 2 aromatic carbocycles. The maximum absolute atomic E-state index is 14.3. The third kappa shape index (κ3) is 9.77. The second kappa shape index (κ2) is 16.4. The van der Waals surface area contributed by atoms with Crippen LogP contribution in [-0.4, -0.2) is 82.6 Å². The van der Waals surface area contributed by atoms with E-state index < -0.39 is 102 Å². The summed E-state index contributed by atoms with van der Waals surface area (Å²) in [5.41, 5.74) is -0.506. The molecule has 1 unspecified atom stereocenters. The van der Waals surface area contributed by atoms with Gasteiger partial charge in [-0.3, -0.25) is 14.4 Å². The molecule has 10 nitrogen and oxygen atoms in total. The maximum atomic E-state index is 14.3. The molecule has 4 atom stereocenters. The number of rotatable bonds is 14. The first-order valence-electron chi connectivity index (χ1n) is 14.2. The molecule has 4 N–H and O–H groups in total. The average molecular weight is 695 g/mol. The van der Waals surface area contributed by atoms with Crippen LogP contribution >= 0.6 is 23.2 Å². The number of benzene rings is 2. The lowest BCUT2D eigenvalue weighted by Gasteiger charge is -2.28. The quantitative estimate of drug-likeness (QED) is 0.219. The first-order chi connectivity index (χ1) is 21.6. The lowest BCUT2D eigenvalue weighted by atomic mass is 10.1. The van der Waals surface area contributed by atoms with Gasteiger partial charge in [0.15, 0.2) is 0 Å². The molecular formula is C30H33Cl2F4N3O7. The third-order valence-electron chi connectivity index (χ3n) is 7.31. The van der Waals surface area contributed by atoms with Crippen molar-refractivity contribution in [2.24, 2.45) is 5.92 Å². The normalized spacial score (nSPS) is 17.7. The number of aliphatic hydroxyl groups excluding tert-OH is 1. The van der Waals surface area contributed by atoms with Crippen molar-refractivity contribution in [1.29, 1.82) is 0 Å². The number of carboxylic acids is 1. The molecule has 0 radical (unpaired) electrons. The Morgan fingerprint density at radius 3 is 2.28 bits per heavy atom. The Balaban J connectivity index is 1.71. The van der Waals surface area contributed by atoms with Crippen molar-refractivity contribution in [3.05, 3.63) is 68.7 Å². The Labute approximate surface area is 272 Å². The van der Waals surface area contributed by atoms with Crippen LogP contribution in [0.2, 0.25) is 10.0 Å². The van der Waals surface area contributed by atoms with E-state index in [1.54, 1.807) is 32.0 Å². The molecule has 3 rings (SSSR count). The van der Waals surface area contributed by atoms with E-state index in [-0.39, 0.29) is 24.6 Å². The highest BCUT2D eigenvalue weighted by Gasteiger charge is 2.43. The number of ether oxygens (including phenoxy) is 1. The van der Waals surface area contributed by atoms with Gasteiger partial charge in [-0.05, 0) is 42.2 Å². The Morgan fingerprint density at radius 2 is 1.72 bits per heavy atom. The van der Waals surface area contributed by atoms with E-state index in [0.29, 0.717) is 22.7 Å². The van der Waals surface area contributed by atoms with Gasteiger partial charge in [0.1, 0.15) is 29.8 Å². The maximum Gasteiger partial charge on any atom is 0.335 e. The Kier molecular flexibility index (Phi) is 13.2. The van der Waals surface area contributed by atoms with Crippen molar-refractivity contribution in [2.75, 3.05) is 13.1 Å². The molecule has 0 aliphatic carbocycles. The minimum atomic E-state index is -3.04. The highest BCUT2D eigenvalue weighted by Crippen LogP contribution is 2.27. The van der Waals surface area contributed by atoms with Gasteiger partial charge in [-0.1, -0.05) is 43.1 Å². The number of likely N-dealkylation sites (tertiary alicyclic amines) is 1. The molecule has 2 aromatic rings. The summed E-state index contributed by atoms with van der Waals surface area (Å²) in [6, 6.07) is 2.95. The Hall–Kier alpha value is -3.46. The van der Waals surface area contributed by atoms with E-state index in [2.05, 4.69) is 10.6 Å². The minimum Gasteiger partial charge on any atom is -0.478 e. The van der Waals surface area contributed by atoms with Crippen LogP contribution < -0.4 is 10.6 Å². The zero-order valence-corrected chi connectivity index (χ0v) is 26.3. The van der Waals surface area contributed by atoms with Gasteiger partial charge in [-0.2, -0.15) is 0 Å². The molecule has 0 aromatic heterocycles. The zero-order valence-electron chi connectivity index (χ0n) is 24.7. The molecule has 1 heterocycles. The summed E-state index contributed by atoms with van der Waals surface area (Å²) in [4.78, 5) is 51.4. The fourth-order valence-electron chi connectivity index (χ4n) is 4.79. The highest BCUT2D eigenvalue weighted by molar-refractivity contribution is 6.42. The molecule has 46 heavy (non-hydrogen) atoms. The molecule has 0 spiro atoms. The minimum absolute atomic E-state index is 0.0291. The smallest absolute Gasteiger partial charge is 0.335 e. The van der Waals surface area contributed by atoms with Gasteiger partial charge in [-0.15, -0.1) is 0 Å². The highest BCUT2D eigenvalue weighted by atomic mass is 35.5. The van der Waals surface area contributed by atoms with Crippen LogP contribution in [-0.2, 0) is 32.1 Å². The molecule has 252 valence electrons. The summed E-state index contributed by atoms with van der Waals surface area (Å²) in [5.74, 6) is -7.23. The van der Waals surface area contributed by atoms with Crippen LogP contribution in [0.5, 0.6) is 0 Å². The molecular weight excluding hydrogens is 661 g/mol. The van der Waals surface area contributed by atoms with E-state index in [4.69, 9.17) is 33.0 Å². The monoisotopic (exact) mass is 693 g/mol. The molecule has 1 aliphatic heterocycles. The number of aromatic carboxylic acids is 1. The van der Waals surface area contributed by atoms with E-state index in [0.717, 1.165) is 4.90 Å². The Morgan fingerprint density at radius 1 is 1.07 bits per heavy atom. The summed E-state index contributed by atoms with van der Waals surface area (Å²) in [6.07, 6.45) is -6.88. The van der Waals surface area contributed by atoms with Crippen LogP contribution in [0.4, 0.5) is 17.6 Å². The van der Waals surface area contributed by atoms with Crippen LogP contribution in [0.25, 0.3) is 0 Å². The van der Waals surface area contributed by atoms with E-state index in [1.807, 2.05) is 0 Å². The van der Waals surface area contributed by atoms with Crippen LogP contribution in [0.3, 0.4) is 0 Å². The van der Waals surface area contributed by atoms with E-state index in [9.17, 15) is 41.8 Å². The average Bonchev–Trinajstić information content (AvgIpc) is 3.42. The summed E-state index contributed by atoms with van der Waals surface area (Å²) in [7, 11) is 0. The van der Waals surface area contributed by atoms with Gasteiger partial charge in [0, 0.05) is 31.5 Å². The number of halogens is 6. The number of carboxylic acid groups (broad SMARTS) is 1. The third-order valence-corrected chi connectivity index (χ3v) is 8.05. The standard InChI is InChI=1S/C30H33Cl2F4N3O7/c1-14(2)26(40)29(43)39-12-17(46-13-15-3-4-19(31)20(32)7-15)10-24(39)28(42)38-23(11-25(35)36)27(41)37-6-5-18-21(33)8-16(30(44)45)9-22(18)34/h3-4,7-9,14,17,23-26,40H,5-6,10-13H2,1-2H3,(H,37,41)(H,38,42)(H,44,45)/t17-,23+,24?,26+/m1/s1. The van der Waals surface area contributed by atoms with Gasteiger partial charge in [0.25, 0.3) is 5.91 Å². The van der Waals surface area contributed by atoms with Gasteiger partial charge in [0.05, 0.1) is 28.3 Å². The number of carbonyl (C=O) groups is 4. The second-order valence-corrected chi connectivity index (χ2v) is 11.9. The number of amides is 3. The summed E-state index contributed by atoms with van der Waals surface area (Å²) < 4.78 is 61.3. The predicted molar refractivity (Wildman–Crippen MR) is 159 cm³/mol. The van der Waals surface area contributed by atoms with Crippen molar-refractivity contribution >= 4 is 46.9 Å². The summed E-state index contributed by atoms with van der Waals surface area (Å²) in [5, 5.41) is 24.5. The van der Waals surface area contributed by atoms with Crippen molar-refractivity contribution in [3.63, 3.8) is 0 Å². The van der Waals surface area contributed by atoms with Crippen LogP contribution in [0, 0.1) is 17.6 Å². The zero-order chi connectivity index (χ0) is 34.3. The number of hydrogen-bond donors (Lipinski definition) is 4. The van der Waals surface area contributed by atoms with Gasteiger partial charge >= 0.3 is 5.97 Å². The molecule has 1 fully saturated rings. The topological polar surface area (TPSA) is 145 Å². The number of nitrogens with one attached hydrogen (secondary N) is 2. The number of alkyl halides is 2. The number of aliphatic hydroxyl groups is 1. The molecule has 1 aliphatic rings. The number of nitrogens with zero attached hydrogens (tertiary/aromatic N) is 1. The Bertz CT molecular complexity index is 1430. The first-order valence-corrected chi connectivity index (χ1v) is 15.0. The van der Waals surface area contributed by atoms with Crippen LogP contribution in [0.15, 0.2) is 30.3 Å². The van der Waals surface area contributed by atoms with Gasteiger partial charge in [-0.25, -0.2) is 22.4 Å². The second-order valence-electron chi connectivity index (χ2n) is 11.1. The molecule has 0 bridgehead atoms. The lowest BCUT2D eigenvalue weighted by Crippen LogP contribution is -2.55. The largest absolute Gasteiger partial charge is 0.478 e. The van der Waals surface area contributed by atoms with Crippen molar-refractivity contribution < 1.29 is 51.7 Å². The van der Waals surface area contributed by atoms with Crippen LogP contribution in [0.1, 0.15) is 48.2 Å². The lowest BCUT2D eigenvalue weighted by molar-refractivity contribution is -0.147. The molecule has 1 saturated heterocycles. The molecule has 16 heteroatoms. The SMILES string of the molecule is CC(C)[C@H](O)C(=O)N1C[C@H](OCc2ccc(Cl)c(Cl)c2)CC1C(=O)N[C@@H](CC(F)F)C(=O)NCCc1c(F)cc(C(=O)O)cc1F. The first kappa shape index (κ1) is 37.0. The van der Waals surface area contributed by atoms with E-state index >= 15 is 0 Å². The van der Waals surface area contributed by atoms with Crippen molar-refractivity contribution in [1.82, 2.24) is 15.5 Å². The number of carbonyl (C=O) groups excluding carboxylic acids is 3. The van der Waals surface area contributed by atoms with Gasteiger partial charge in [0.2, 0.25) is 18.2 Å². The number of hydrogen-bond acceptors (Lipinski definition) is 6. The molecule has 3 amide bonds. The predicted octanol–water partition coefficient (Wildman–Crippen LogP) is 3.97. The fraction of sp³-hybridized carbons (Fsp3) is 0.467. The summed E-state index contributed by atoms with van der Waals surface area (Å²) >= 11 is 12.0. The van der Waals surface area contributed by atoms with Crippen molar-refractivity contribution in [3.8, 4) is 0 Å². The fourth-order valence-corrected chi connectivity index (χ4v) is 5.11. The van der Waals surface area contributed by atoms with E-state index in [1.165, 1.54) is 0 Å². The van der Waals surface area contributed by atoms with Gasteiger partial charge < -0.3 is 30.5 Å². The molecule has 0 saturated carbocycles.